The van der Waals surface area contributed by atoms with E-state index >= 15 is 0 Å². The van der Waals surface area contributed by atoms with E-state index in [0.717, 1.165) is 12.0 Å². The van der Waals surface area contributed by atoms with Gasteiger partial charge in [-0.05, 0) is 23.5 Å². The van der Waals surface area contributed by atoms with Crippen molar-refractivity contribution in [2.45, 2.75) is 19.4 Å². The molecule has 0 bridgehead atoms. The van der Waals surface area contributed by atoms with Crippen LogP contribution in [0.4, 0.5) is 0 Å². The van der Waals surface area contributed by atoms with Crippen LogP contribution in [0, 0.1) is 5.92 Å². The fraction of sp³-hybridized carbons (Fsp3) is 0.455. The lowest BCUT2D eigenvalue weighted by molar-refractivity contribution is 0.467. The van der Waals surface area contributed by atoms with Gasteiger partial charge in [-0.2, -0.15) is 0 Å². The lowest BCUT2D eigenvalue weighted by Gasteiger charge is -2.16. The molecule has 15 heavy (non-hydrogen) atoms. The Morgan fingerprint density at radius 1 is 1.33 bits per heavy atom. The molecule has 1 aliphatic carbocycles. The van der Waals surface area contributed by atoms with Crippen LogP contribution in [0.2, 0.25) is 0 Å². The molecule has 3 nitrogen and oxygen atoms in total. The minimum atomic E-state index is -3.13. The number of sulfonamides is 1. The van der Waals surface area contributed by atoms with Crippen LogP contribution in [0.5, 0.6) is 0 Å². The predicted molar refractivity (Wildman–Crippen MR) is 60.0 cm³/mol. The first-order valence-corrected chi connectivity index (χ1v) is 6.91. The maximum Gasteiger partial charge on any atom is 0.209 e. The van der Waals surface area contributed by atoms with Crippen LogP contribution in [0.3, 0.4) is 0 Å². The maximum absolute atomic E-state index is 11.2. The first kappa shape index (κ1) is 10.6. The molecule has 0 saturated heterocycles. The molecule has 2 unspecified atom stereocenters. The summed E-state index contributed by atoms with van der Waals surface area (Å²) >= 11 is 0. The topological polar surface area (TPSA) is 46.2 Å². The Hall–Kier alpha value is -0.870. The summed E-state index contributed by atoms with van der Waals surface area (Å²) in [7, 11) is -3.13. The minimum Gasteiger partial charge on any atom is -0.213 e. The number of nitrogens with one attached hydrogen (secondary N) is 1. The van der Waals surface area contributed by atoms with Gasteiger partial charge in [0.25, 0.3) is 0 Å². The van der Waals surface area contributed by atoms with Gasteiger partial charge in [-0.1, -0.05) is 31.2 Å². The lowest BCUT2D eigenvalue weighted by Crippen LogP contribution is -2.29. The molecule has 0 saturated carbocycles. The highest BCUT2D eigenvalue weighted by Gasteiger charge is 2.30. The van der Waals surface area contributed by atoms with Crippen molar-refractivity contribution in [1.82, 2.24) is 4.72 Å². The molecule has 1 aromatic carbocycles. The van der Waals surface area contributed by atoms with Crippen LogP contribution >= 0.6 is 0 Å². The molecule has 1 aromatic rings. The molecule has 2 rings (SSSR count). The SMILES string of the molecule is CC1Cc2ccccc2C1NS(C)(=O)=O. The number of fused-ring (bicyclic) bond motifs is 1. The van der Waals surface area contributed by atoms with E-state index < -0.39 is 10.0 Å². The predicted octanol–water partition coefficient (Wildman–Crippen LogP) is 1.47. The van der Waals surface area contributed by atoms with Crippen molar-refractivity contribution in [3.63, 3.8) is 0 Å². The van der Waals surface area contributed by atoms with Gasteiger partial charge in [0.05, 0.1) is 6.26 Å². The van der Waals surface area contributed by atoms with E-state index in [1.165, 1.54) is 11.8 Å². The molecule has 1 aliphatic rings. The molecule has 0 aliphatic heterocycles. The fourth-order valence-electron chi connectivity index (χ4n) is 2.21. The van der Waals surface area contributed by atoms with Crippen molar-refractivity contribution < 1.29 is 8.42 Å². The zero-order valence-electron chi connectivity index (χ0n) is 8.90. The summed E-state index contributed by atoms with van der Waals surface area (Å²) < 4.78 is 25.2. The summed E-state index contributed by atoms with van der Waals surface area (Å²) in [4.78, 5) is 0. The van der Waals surface area contributed by atoms with Crippen LogP contribution in [-0.2, 0) is 16.4 Å². The van der Waals surface area contributed by atoms with Crippen LogP contribution in [0.15, 0.2) is 24.3 Å². The number of hydrogen-bond acceptors (Lipinski definition) is 2. The molecular weight excluding hydrogens is 210 g/mol. The van der Waals surface area contributed by atoms with Gasteiger partial charge < -0.3 is 0 Å². The zero-order chi connectivity index (χ0) is 11.1. The smallest absolute Gasteiger partial charge is 0.209 e. The Morgan fingerprint density at radius 2 is 2.00 bits per heavy atom. The lowest BCUT2D eigenvalue weighted by atomic mass is 10.0. The molecule has 2 atom stereocenters. The quantitative estimate of drug-likeness (QED) is 0.828. The Labute approximate surface area is 90.6 Å². The van der Waals surface area contributed by atoms with Crippen molar-refractivity contribution in [2.75, 3.05) is 6.26 Å². The van der Waals surface area contributed by atoms with Gasteiger partial charge in [-0.3, -0.25) is 0 Å². The normalized spacial score (nSPS) is 25.2. The third-order valence-corrected chi connectivity index (χ3v) is 3.52. The van der Waals surface area contributed by atoms with Crippen molar-refractivity contribution in [3.05, 3.63) is 35.4 Å². The summed E-state index contributed by atoms with van der Waals surface area (Å²) in [6.07, 6.45) is 2.16. The molecule has 0 spiro atoms. The molecule has 0 aromatic heterocycles. The van der Waals surface area contributed by atoms with Gasteiger partial charge >= 0.3 is 0 Å². The highest BCUT2D eigenvalue weighted by atomic mass is 32.2. The van der Waals surface area contributed by atoms with E-state index in [4.69, 9.17) is 0 Å². The highest BCUT2D eigenvalue weighted by Crippen LogP contribution is 2.35. The number of hydrogen-bond donors (Lipinski definition) is 1. The first-order valence-electron chi connectivity index (χ1n) is 5.02. The van der Waals surface area contributed by atoms with Gasteiger partial charge in [-0.25, -0.2) is 13.1 Å². The molecule has 1 N–H and O–H groups in total. The summed E-state index contributed by atoms with van der Waals surface area (Å²) in [5.74, 6) is 0.331. The molecule has 0 amide bonds. The highest BCUT2D eigenvalue weighted by molar-refractivity contribution is 7.88. The van der Waals surface area contributed by atoms with Crippen LogP contribution in [-0.4, -0.2) is 14.7 Å². The Kier molecular flexibility index (Phi) is 2.56. The van der Waals surface area contributed by atoms with Crippen molar-refractivity contribution in [3.8, 4) is 0 Å². The van der Waals surface area contributed by atoms with Gasteiger partial charge in [-0.15, -0.1) is 0 Å². The molecule has 0 heterocycles. The molecular formula is C11H15NO2S. The summed E-state index contributed by atoms with van der Waals surface area (Å²) in [5.41, 5.74) is 2.38. The third-order valence-electron chi connectivity index (χ3n) is 2.84. The standard InChI is InChI=1S/C11H15NO2S/c1-8-7-9-5-3-4-6-10(9)11(8)12-15(2,13)14/h3-6,8,11-12H,7H2,1-2H3. The van der Waals surface area contributed by atoms with E-state index in [9.17, 15) is 8.42 Å². The third kappa shape index (κ3) is 2.21. The van der Waals surface area contributed by atoms with Gasteiger partial charge in [0.15, 0.2) is 0 Å². The number of rotatable bonds is 2. The average molecular weight is 225 g/mol. The van der Waals surface area contributed by atoms with E-state index in [-0.39, 0.29) is 6.04 Å². The van der Waals surface area contributed by atoms with E-state index in [2.05, 4.69) is 17.7 Å². The first-order chi connectivity index (χ1) is 6.97. The fourth-order valence-corrected chi connectivity index (χ4v) is 3.03. The Balaban J connectivity index is 2.34. The van der Waals surface area contributed by atoms with Gasteiger partial charge in [0, 0.05) is 6.04 Å². The Bertz CT molecular complexity index is 467. The second-order valence-electron chi connectivity index (χ2n) is 4.25. The van der Waals surface area contributed by atoms with E-state index in [0.29, 0.717) is 5.92 Å². The summed E-state index contributed by atoms with van der Waals surface area (Å²) in [6.45, 7) is 2.07. The molecule has 4 heteroatoms. The largest absolute Gasteiger partial charge is 0.213 e. The molecule has 0 fully saturated rings. The van der Waals surface area contributed by atoms with Gasteiger partial charge in [0.1, 0.15) is 0 Å². The second kappa shape index (κ2) is 3.61. The zero-order valence-corrected chi connectivity index (χ0v) is 9.71. The number of benzene rings is 1. The van der Waals surface area contributed by atoms with E-state index in [1.54, 1.807) is 0 Å². The van der Waals surface area contributed by atoms with Crippen molar-refractivity contribution >= 4 is 10.0 Å². The Morgan fingerprint density at radius 3 is 2.67 bits per heavy atom. The summed E-state index contributed by atoms with van der Waals surface area (Å²) in [6, 6.07) is 7.95. The van der Waals surface area contributed by atoms with E-state index in [1.807, 2.05) is 18.2 Å². The van der Waals surface area contributed by atoms with Crippen LogP contribution in [0.25, 0.3) is 0 Å². The summed E-state index contributed by atoms with van der Waals surface area (Å²) in [5, 5.41) is 0. The maximum atomic E-state index is 11.2. The van der Waals surface area contributed by atoms with Gasteiger partial charge in [0.2, 0.25) is 10.0 Å². The monoisotopic (exact) mass is 225 g/mol. The average Bonchev–Trinajstić information content (AvgIpc) is 2.41. The minimum absolute atomic E-state index is 0.0591. The van der Waals surface area contributed by atoms with Crippen molar-refractivity contribution in [2.24, 2.45) is 5.92 Å². The van der Waals surface area contributed by atoms with Crippen molar-refractivity contribution in [1.29, 1.82) is 0 Å². The molecule has 82 valence electrons. The second-order valence-corrected chi connectivity index (χ2v) is 6.03. The molecule has 0 radical (unpaired) electrons. The van der Waals surface area contributed by atoms with Crippen LogP contribution in [0.1, 0.15) is 24.1 Å². The van der Waals surface area contributed by atoms with Crippen LogP contribution < -0.4 is 4.72 Å².